The third kappa shape index (κ3) is 8.09. The number of hydrogen-bond acceptors (Lipinski definition) is 4. The van der Waals surface area contributed by atoms with E-state index in [1.54, 1.807) is 0 Å². The predicted molar refractivity (Wildman–Crippen MR) is 92.9 cm³/mol. The van der Waals surface area contributed by atoms with Gasteiger partial charge in [-0.25, -0.2) is 4.79 Å². The molecule has 1 aromatic carbocycles. The second-order valence-corrected chi connectivity index (χ2v) is 6.52. The van der Waals surface area contributed by atoms with E-state index in [1.165, 1.54) is 0 Å². The van der Waals surface area contributed by atoms with Crippen molar-refractivity contribution in [1.29, 1.82) is 0 Å². The zero-order valence-corrected chi connectivity index (χ0v) is 14.6. The molecule has 0 atom stereocenters. The fourth-order valence-electron chi connectivity index (χ4n) is 1.82. The van der Waals surface area contributed by atoms with E-state index in [0.717, 1.165) is 11.4 Å². The Morgan fingerprint density at radius 2 is 1.74 bits per heavy atom. The molecule has 0 unspecified atom stereocenters. The number of nitrogens with one attached hydrogen (secondary N) is 2. The lowest BCUT2D eigenvalue weighted by Gasteiger charge is -2.19. The molecule has 2 amide bonds. The summed E-state index contributed by atoms with van der Waals surface area (Å²) in [4.78, 5) is 25.3. The van der Waals surface area contributed by atoms with E-state index in [0.29, 0.717) is 19.4 Å². The number of nitrogens with zero attached hydrogens (tertiary/aromatic N) is 1. The van der Waals surface area contributed by atoms with Gasteiger partial charge in [0.15, 0.2) is 0 Å². The number of amides is 2. The van der Waals surface area contributed by atoms with Crippen LogP contribution in [0.15, 0.2) is 24.3 Å². The number of benzene rings is 1. The molecule has 6 heteroatoms. The summed E-state index contributed by atoms with van der Waals surface area (Å²) in [6.45, 7) is 5.83. The summed E-state index contributed by atoms with van der Waals surface area (Å²) in [5.41, 5.74) is 1.32. The highest BCUT2D eigenvalue weighted by atomic mass is 16.6. The van der Waals surface area contributed by atoms with Crippen LogP contribution in [0.5, 0.6) is 0 Å². The molecule has 0 saturated carbocycles. The van der Waals surface area contributed by atoms with Crippen LogP contribution in [0.2, 0.25) is 0 Å². The maximum Gasteiger partial charge on any atom is 0.407 e. The van der Waals surface area contributed by atoms with E-state index >= 15 is 0 Å². The van der Waals surface area contributed by atoms with Crippen molar-refractivity contribution in [1.82, 2.24) is 5.32 Å². The number of carbonyl (C=O) groups is 2. The highest BCUT2D eigenvalue weighted by Crippen LogP contribution is 2.15. The van der Waals surface area contributed by atoms with Gasteiger partial charge in [-0.05, 0) is 51.5 Å². The molecule has 0 aliphatic rings. The molecule has 0 aromatic heterocycles. The standard InChI is InChI=1S/C17H27N3O3/c1-17(2,3)23-16(22)18-12-6-7-15(21)19-13-8-10-14(11-9-13)20(4)5/h8-11H,6-7,12H2,1-5H3,(H,18,22)(H,19,21). The summed E-state index contributed by atoms with van der Waals surface area (Å²) >= 11 is 0. The van der Waals surface area contributed by atoms with Gasteiger partial charge in [0.2, 0.25) is 5.91 Å². The van der Waals surface area contributed by atoms with E-state index in [4.69, 9.17) is 4.74 Å². The molecule has 1 rings (SSSR count). The zero-order chi connectivity index (χ0) is 17.5. The Kier molecular flexibility index (Phi) is 6.88. The van der Waals surface area contributed by atoms with Crippen LogP contribution in [0, 0.1) is 0 Å². The van der Waals surface area contributed by atoms with Crippen LogP contribution in [0.1, 0.15) is 33.6 Å². The lowest BCUT2D eigenvalue weighted by Crippen LogP contribution is -2.33. The predicted octanol–water partition coefficient (Wildman–Crippen LogP) is 3.00. The first-order chi connectivity index (χ1) is 10.7. The summed E-state index contributed by atoms with van der Waals surface area (Å²) in [5.74, 6) is -0.0754. The number of anilines is 2. The summed E-state index contributed by atoms with van der Waals surface area (Å²) in [6, 6.07) is 7.62. The van der Waals surface area contributed by atoms with Crippen molar-refractivity contribution >= 4 is 23.4 Å². The Hall–Kier alpha value is -2.24. The van der Waals surface area contributed by atoms with Gasteiger partial charge in [0.25, 0.3) is 0 Å². The number of alkyl carbamates (subject to hydrolysis) is 1. The second-order valence-electron chi connectivity index (χ2n) is 6.52. The van der Waals surface area contributed by atoms with Crippen LogP contribution in [-0.4, -0.2) is 38.2 Å². The van der Waals surface area contributed by atoms with Gasteiger partial charge in [-0.1, -0.05) is 0 Å². The van der Waals surface area contributed by atoms with Crippen molar-refractivity contribution < 1.29 is 14.3 Å². The zero-order valence-electron chi connectivity index (χ0n) is 14.6. The van der Waals surface area contributed by atoms with Crippen LogP contribution in [0.3, 0.4) is 0 Å². The van der Waals surface area contributed by atoms with E-state index in [2.05, 4.69) is 10.6 Å². The van der Waals surface area contributed by atoms with Crippen molar-refractivity contribution in [3.05, 3.63) is 24.3 Å². The van der Waals surface area contributed by atoms with Crippen LogP contribution in [0.4, 0.5) is 16.2 Å². The van der Waals surface area contributed by atoms with Gasteiger partial charge in [-0.2, -0.15) is 0 Å². The van der Waals surface area contributed by atoms with Gasteiger partial charge >= 0.3 is 6.09 Å². The third-order valence-electron chi connectivity index (χ3n) is 2.92. The molecular formula is C17H27N3O3. The Labute approximate surface area is 138 Å². The van der Waals surface area contributed by atoms with E-state index in [-0.39, 0.29) is 5.91 Å². The number of carbonyl (C=O) groups excluding carboxylic acids is 2. The molecule has 0 aliphatic heterocycles. The number of rotatable bonds is 6. The molecule has 0 heterocycles. The molecule has 0 saturated heterocycles. The lowest BCUT2D eigenvalue weighted by atomic mass is 10.2. The maximum atomic E-state index is 11.8. The molecule has 0 radical (unpaired) electrons. The first-order valence-corrected chi connectivity index (χ1v) is 7.71. The van der Waals surface area contributed by atoms with Crippen molar-refractivity contribution in [2.24, 2.45) is 0 Å². The molecule has 0 aliphatic carbocycles. The van der Waals surface area contributed by atoms with Gasteiger partial charge < -0.3 is 20.3 Å². The largest absolute Gasteiger partial charge is 0.444 e. The van der Waals surface area contributed by atoms with Crippen molar-refractivity contribution in [3.8, 4) is 0 Å². The maximum absolute atomic E-state index is 11.8. The van der Waals surface area contributed by atoms with Crippen LogP contribution in [0.25, 0.3) is 0 Å². The fourth-order valence-corrected chi connectivity index (χ4v) is 1.82. The lowest BCUT2D eigenvalue weighted by molar-refractivity contribution is -0.116. The molecular weight excluding hydrogens is 294 g/mol. The van der Waals surface area contributed by atoms with Crippen molar-refractivity contribution in [3.63, 3.8) is 0 Å². The smallest absolute Gasteiger partial charge is 0.407 e. The molecule has 0 fully saturated rings. The van der Waals surface area contributed by atoms with Gasteiger partial charge in [-0.15, -0.1) is 0 Å². The highest BCUT2D eigenvalue weighted by molar-refractivity contribution is 5.90. The molecule has 128 valence electrons. The first-order valence-electron chi connectivity index (χ1n) is 7.71. The molecule has 2 N–H and O–H groups in total. The Morgan fingerprint density at radius 3 is 2.26 bits per heavy atom. The highest BCUT2D eigenvalue weighted by Gasteiger charge is 2.15. The number of hydrogen-bond donors (Lipinski definition) is 2. The third-order valence-corrected chi connectivity index (χ3v) is 2.92. The second kappa shape index (κ2) is 8.41. The molecule has 0 spiro atoms. The first kappa shape index (κ1) is 18.8. The molecule has 23 heavy (non-hydrogen) atoms. The number of ether oxygens (including phenoxy) is 1. The van der Waals surface area contributed by atoms with E-state index < -0.39 is 11.7 Å². The minimum absolute atomic E-state index is 0.0754. The summed E-state index contributed by atoms with van der Waals surface area (Å²) < 4.78 is 5.12. The van der Waals surface area contributed by atoms with Crippen molar-refractivity contribution in [2.75, 3.05) is 30.9 Å². The van der Waals surface area contributed by atoms with Crippen molar-refractivity contribution in [2.45, 2.75) is 39.2 Å². The van der Waals surface area contributed by atoms with Crippen LogP contribution in [-0.2, 0) is 9.53 Å². The minimum atomic E-state index is -0.514. The average Bonchev–Trinajstić information content (AvgIpc) is 2.42. The summed E-state index contributed by atoms with van der Waals surface area (Å²) in [7, 11) is 3.93. The van der Waals surface area contributed by atoms with Gasteiger partial charge in [0.05, 0.1) is 0 Å². The van der Waals surface area contributed by atoms with Gasteiger partial charge in [0, 0.05) is 38.4 Å². The minimum Gasteiger partial charge on any atom is -0.444 e. The van der Waals surface area contributed by atoms with Gasteiger partial charge in [0.1, 0.15) is 5.60 Å². The van der Waals surface area contributed by atoms with Crippen LogP contribution >= 0.6 is 0 Å². The Morgan fingerprint density at radius 1 is 1.13 bits per heavy atom. The Bertz CT molecular complexity index is 519. The Balaban J connectivity index is 2.25. The van der Waals surface area contributed by atoms with Crippen LogP contribution < -0.4 is 15.5 Å². The molecule has 6 nitrogen and oxygen atoms in total. The monoisotopic (exact) mass is 321 g/mol. The topological polar surface area (TPSA) is 70.7 Å². The van der Waals surface area contributed by atoms with Gasteiger partial charge in [-0.3, -0.25) is 4.79 Å². The quantitative estimate of drug-likeness (QED) is 0.790. The normalized spacial score (nSPS) is 10.8. The summed E-state index contributed by atoms with van der Waals surface area (Å²) in [5, 5.41) is 5.46. The summed E-state index contributed by atoms with van der Waals surface area (Å²) in [6.07, 6.45) is 0.434. The van der Waals surface area contributed by atoms with E-state index in [9.17, 15) is 9.59 Å². The fraction of sp³-hybridized carbons (Fsp3) is 0.529. The SMILES string of the molecule is CN(C)c1ccc(NC(=O)CCCNC(=O)OC(C)(C)C)cc1. The molecule has 1 aromatic rings. The molecule has 0 bridgehead atoms. The average molecular weight is 321 g/mol. The van der Waals surface area contributed by atoms with E-state index in [1.807, 2.05) is 64.0 Å².